The number of halogens is 2. The first-order chi connectivity index (χ1) is 14.4. The Bertz CT molecular complexity index is 1110. The smallest absolute Gasteiger partial charge is 0.275 e. The van der Waals surface area contributed by atoms with Crippen molar-refractivity contribution in [2.45, 2.75) is 31.2 Å². The Morgan fingerprint density at radius 3 is 2.70 bits per heavy atom. The summed E-state index contributed by atoms with van der Waals surface area (Å²) < 4.78 is 15.0. The Balaban J connectivity index is 1.72. The molecule has 1 amide bonds. The molecule has 4 rings (SSSR count). The molecule has 1 heterocycles. The Hall–Kier alpha value is -2.99. The van der Waals surface area contributed by atoms with E-state index >= 15 is 0 Å². The Labute approximate surface area is 179 Å². The summed E-state index contributed by atoms with van der Waals surface area (Å²) in [7, 11) is 1.62. The van der Waals surface area contributed by atoms with Crippen LogP contribution in [0.1, 0.15) is 41.7 Å². The van der Waals surface area contributed by atoms with Gasteiger partial charge in [0.15, 0.2) is 11.5 Å². The van der Waals surface area contributed by atoms with Gasteiger partial charge in [-0.1, -0.05) is 35.9 Å². The van der Waals surface area contributed by atoms with Gasteiger partial charge in [-0.05, 0) is 49.6 Å². The molecule has 0 saturated heterocycles. The van der Waals surface area contributed by atoms with Gasteiger partial charge >= 0.3 is 0 Å². The van der Waals surface area contributed by atoms with E-state index in [9.17, 15) is 14.0 Å². The normalized spacial score (nSPS) is 19.0. The first kappa shape index (κ1) is 20.3. The third-order valence-electron chi connectivity index (χ3n) is 5.73. The molecule has 1 unspecified atom stereocenters. The van der Waals surface area contributed by atoms with Crippen molar-refractivity contribution in [2.75, 3.05) is 7.05 Å². The van der Waals surface area contributed by atoms with Crippen LogP contribution in [0.4, 0.5) is 4.39 Å². The van der Waals surface area contributed by atoms with E-state index in [2.05, 4.69) is 5.10 Å². The van der Waals surface area contributed by atoms with E-state index in [1.54, 1.807) is 49.6 Å². The van der Waals surface area contributed by atoms with Crippen LogP contribution < -0.4 is 0 Å². The number of hydrogen-bond acceptors (Lipinski definition) is 3. The number of likely N-dealkylation sites (N-methyl/N-ethyl adjacent to an activating group) is 1. The number of amides is 1. The highest BCUT2D eigenvalue weighted by molar-refractivity contribution is 6.31. The fourth-order valence-electron chi connectivity index (χ4n) is 4.18. The zero-order chi connectivity index (χ0) is 21.3. The first-order valence-corrected chi connectivity index (χ1v) is 10.2. The number of hydrogen-bond donors (Lipinski definition) is 0. The number of nitrogens with zero attached hydrogens (tertiary/aromatic N) is 3. The van der Waals surface area contributed by atoms with Gasteiger partial charge < -0.3 is 4.90 Å². The minimum absolute atomic E-state index is 0.0257. The molecule has 1 fully saturated rings. The van der Waals surface area contributed by atoms with Gasteiger partial charge in [0.1, 0.15) is 11.4 Å². The van der Waals surface area contributed by atoms with Crippen molar-refractivity contribution in [1.82, 2.24) is 14.7 Å². The molecule has 1 atom stereocenters. The maximum absolute atomic E-state index is 13.5. The summed E-state index contributed by atoms with van der Waals surface area (Å²) in [6.45, 7) is 0. The van der Waals surface area contributed by atoms with E-state index in [4.69, 9.17) is 11.6 Å². The molecule has 1 aromatic heterocycles. The van der Waals surface area contributed by atoms with Gasteiger partial charge in [-0.25, -0.2) is 9.07 Å². The lowest BCUT2D eigenvalue weighted by Gasteiger charge is -2.43. The number of rotatable bonds is 4. The van der Waals surface area contributed by atoms with Crippen molar-refractivity contribution in [2.24, 2.45) is 0 Å². The molecule has 2 aromatic carbocycles. The SMILES string of the molecule is CN(C(=O)c1ccn(-c2cccc(F)c2)n1)C1(c2ccccc2Cl)CCCCC1=O. The molecule has 1 aliphatic rings. The Kier molecular flexibility index (Phi) is 5.43. The van der Waals surface area contributed by atoms with Gasteiger partial charge in [-0.2, -0.15) is 5.10 Å². The van der Waals surface area contributed by atoms with Crippen LogP contribution in [-0.4, -0.2) is 33.4 Å². The minimum atomic E-state index is -1.13. The van der Waals surface area contributed by atoms with Crippen molar-refractivity contribution in [1.29, 1.82) is 0 Å². The molecule has 0 N–H and O–H groups in total. The predicted molar refractivity (Wildman–Crippen MR) is 112 cm³/mol. The highest BCUT2D eigenvalue weighted by Crippen LogP contribution is 2.42. The quantitative estimate of drug-likeness (QED) is 0.604. The van der Waals surface area contributed by atoms with E-state index in [-0.39, 0.29) is 17.4 Å². The van der Waals surface area contributed by atoms with Crippen LogP contribution in [0, 0.1) is 5.82 Å². The van der Waals surface area contributed by atoms with Gasteiger partial charge in [0.05, 0.1) is 5.69 Å². The molecule has 0 radical (unpaired) electrons. The van der Waals surface area contributed by atoms with Crippen LogP contribution in [0.5, 0.6) is 0 Å². The second-order valence-corrected chi connectivity index (χ2v) is 7.87. The molecule has 30 heavy (non-hydrogen) atoms. The second-order valence-electron chi connectivity index (χ2n) is 7.46. The van der Waals surface area contributed by atoms with Crippen molar-refractivity contribution in [3.05, 3.63) is 82.9 Å². The van der Waals surface area contributed by atoms with Gasteiger partial charge in [-0.15, -0.1) is 0 Å². The number of ketones is 1. The fraction of sp³-hybridized carbons (Fsp3) is 0.261. The lowest BCUT2D eigenvalue weighted by Crippen LogP contribution is -2.54. The zero-order valence-corrected chi connectivity index (χ0v) is 17.3. The summed E-state index contributed by atoms with van der Waals surface area (Å²) in [4.78, 5) is 28.0. The molecular formula is C23H21ClFN3O2. The molecule has 1 saturated carbocycles. The summed E-state index contributed by atoms with van der Waals surface area (Å²) in [6, 6.07) is 14.7. The number of Topliss-reactive ketones (excluding diaryl/α,β-unsaturated/α-hetero) is 1. The summed E-state index contributed by atoms with van der Waals surface area (Å²) >= 11 is 6.46. The average molecular weight is 426 g/mol. The minimum Gasteiger partial charge on any atom is -0.323 e. The lowest BCUT2D eigenvalue weighted by molar-refractivity contribution is -0.132. The molecule has 3 aromatic rings. The van der Waals surface area contributed by atoms with Crippen LogP contribution in [-0.2, 0) is 10.3 Å². The first-order valence-electron chi connectivity index (χ1n) is 9.81. The molecule has 0 aliphatic heterocycles. The average Bonchev–Trinajstić information content (AvgIpc) is 3.24. The standard InChI is InChI=1S/C23H21ClFN3O2/c1-27(22(30)20-12-14-28(26-20)17-8-6-7-16(25)15-17)23(13-5-4-11-21(23)29)18-9-2-3-10-19(18)24/h2-3,6-10,12,14-15H,4-5,11,13H2,1H3. The predicted octanol–water partition coefficient (Wildman–Crippen LogP) is 4.78. The topological polar surface area (TPSA) is 55.2 Å². The summed E-state index contributed by atoms with van der Waals surface area (Å²) in [5.41, 5.74) is 0.186. The molecule has 154 valence electrons. The molecule has 5 nitrogen and oxygen atoms in total. The number of benzene rings is 2. The van der Waals surface area contributed by atoms with Crippen LogP contribution in [0.2, 0.25) is 5.02 Å². The molecular weight excluding hydrogens is 405 g/mol. The van der Waals surface area contributed by atoms with Crippen LogP contribution in [0.15, 0.2) is 60.8 Å². The largest absolute Gasteiger partial charge is 0.323 e. The zero-order valence-electron chi connectivity index (χ0n) is 16.5. The molecule has 0 bridgehead atoms. The van der Waals surface area contributed by atoms with Crippen LogP contribution in [0.3, 0.4) is 0 Å². The Morgan fingerprint density at radius 2 is 1.97 bits per heavy atom. The van der Waals surface area contributed by atoms with Gasteiger partial charge in [-0.3, -0.25) is 9.59 Å². The van der Waals surface area contributed by atoms with E-state index in [1.807, 2.05) is 6.07 Å². The van der Waals surface area contributed by atoms with E-state index in [0.717, 1.165) is 12.8 Å². The summed E-state index contributed by atoms with van der Waals surface area (Å²) in [5, 5.41) is 4.78. The van der Waals surface area contributed by atoms with Crippen LogP contribution in [0.25, 0.3) is 5.69 Å². The fourth-order valence-corrected chi connectivity index (χ4v) is 4.47. The van der Waals surface area contributed by atoms with Crippen LogP contribution >= 0.6 is 11.6 Å². The van der Waals surface area contributed by atoms with E-state index < -0.39 is 11.4 Å². The van der Waals surface area contributed by atoms with E-state index in [0.29, 0.717) is 29.1 Å². The third kappa shape index (κ3) is 3.41. The highest BCUT2D eigenvalue weighted by Gasteiger charge is 2.48. The van der Waals surface area contributed by atoms with E-state index in [1.165, 1.54) is 21.7 Å². The summed E-state index contributed by atoms with van der Waals surface area (Å²) in [6.07, 6.45) is 4.09. The van der Waals surface area contributed by atoms with Crippen molar-refractivity contribution < 1.29 is 14.0 Å². The molecule has 7 heteroatoms. The lowest BCUT2D eigenvalue weighted by atomic mass is 9.74. The monoisotopic (exact) mass is 425 g/mol. The van der Waals surface area contributed by atoms with Gasteiger partial charge in [0.25, 0.3) is 5.91 Å². The third-order valence-corrected chi connectivity index (χ3v) is 6.06. The highest BCUT2D eigenvalue weighted by atomic mass is 35.5. The molecule has 0 spiro atoms. The van der Waals surface area contributed by atoms with Gasteiger partial charge in [0.2, 0.25) is 0 Å². The Morgan fingerprint density at radius 1 is 1.17 bits per heavy atom. The van der Waals surface area contributed by atoms with Gasteiger partial charge in [0, 0.05) is 30.3 Å². The van der Waals surface area contributed by atoms with Crippen molar-refractivity contribution in [3.8, 4) is 5.69 Å². The number of carbonyl (C=O) groups excluding carboxylic acids is 2. The maximum atomic E-state index is 13.5. The second kappa shape index (κ2) is 8.03. The number of aromatic nitrogens is 2. The van der Waals surface area contributed by atoms with Crippen molar-refractivity contribution >= 4 is 23.3 Å². The molecule has 1 aliphatic carbocycles. The maximum Gasteiger partial charge on any atom is 0.275 e. The number of carbonyl (C=O) groups is 2. The van der Waals surface area contributed by atoms with Crippen molar-refractivity contribution in [3.63, 3.8) is 0 Å². The summed E-state index contributed by atoms with van der Waals surface area (Å²) in [5.74, 6) is -0.805.